The molecule has 0 atom stereocenters. The van der Waals surface area contributed by atoms with Crippen LogP contribution in [0.1, 0.15) is 230 Å². The van der Waals surface area contributed by atoms with Crippen molar-refractivity contribution < 1.29 is 38.9 Å². The second-order valence-corrected chi connectivity index (χ2v) is 22.0. The van der Waals surface area contributed by atoms with Crippen LogP contribution in [0.3, 0.4) is 0 Å². The van der Waals surface area contributed by atoms with E-state index >= 15 is 0 Å². The summed E-state index contributed by atoms with van der Waals surface area (Å²) in [6.07, 6.45) is 39.5. The molecule has 0 aromatic heterocycles. The molecule has 378 valence electrons. The molecule has 3 rings (SSSR count). The number of hydrogen-bond acceptors (Lipinski definition) is 9. The molecule has 0 aliphatic rings. The minimum Gasteiger partial charge on any atom is -0.744 e. The van der Waals surface area contributed by atoms with E-state index < -0.39 is 30.4 Å². The maximum atomic E-state index is 11.2. The Morgan fingerprint density at radius 1 is 0.284 bits per heavy atom. The minimum absolute atomic E-state index is 0. The Morgan fingerprint density at radius 2 is 0.448 bits per heavy atom. The normalized spacial score (nSPS) is 11.6. The standard InChI is InChI=1S/3C18H30O3S.Al/c3*1-2-3-4-5-6-7-8-9-10-11-14-17-15-12-13-16-18(17)22(19,20)21;/h3*12-13,15-16H,2-11,14H2,1H3,(H,19,20,21);/q;;;+3/p-3. The van der Waals surface area contributed by atoms with Gasteiger partial charge in [-0.15, -0.1) is 0 Å². The van der Waals surface area contributed by atoms with Gasteiger partial charge in [0.05, 0.1) is 14.7 Å². The summed E-state index contributed by atoms with van der Waals surface area (Å²) in [4.78, 5) is -0.150. The molecule has 0 saturated heterocycles. The van der Waals surface area contributed by atoms with Gasteiger partial charge in [0.25, 0.3) is 0 Å². The minimum atomic E-state index is -4.35. The fraction of sp³-hybridized carbons (Fsp3) is 0.667. The second kappa shape index (κ2) is 40.6. The Morgan fingerprint density at radius 3 is 0.627 bits per heavy atom. The van der Waals surface area contributed by atoms with Crippen LogP contribution in [0.15, 0.2) is 87.5 Å². The predicted molar refractivity (Wildman–Crippen MR) is 276 cm³/mol. The Bertz CT molecular complexity index is 1760. The molecular formula is C54H87AlO9S3. The van der Waals surface area contributed by atoms with Crippen molar-refractivity contribution in [3.8, 4) is 0 Å². The first-order valence-corrected chi connectivity index (χ1v) is 30.0. The van der Waals surface area contributed by atoms with Gasteiger partial charge in [-0.1, -0.05) is 249 Å². The van der Waals surface area contributed by atoms with E-state index in [1.54, 1.807) is 54.6 Å². The molecule has 0 unspecified atom stereocenters. The summed E-state index contributed by atoms with van der Waals surface area (Å²) in [5.41, 5.74) is 1.99. The van der Waals surface area contributed by atoms with E-state index in [1.165, 1.54) is 172 Å². The van der Waals surface area contributed by atoms with Crippen molar-refractivity contribution in [1.82, 2.24) is 0 Å². The average molecular weight is 1000 g/mol. The fourth-order valence-corrected chi connectivity index (χ4v) is 10.5. The van der Waals surface area contributed by atoms with Crippen molar-refractivity contribution >= 4 is 47.7 Å². The molecule has 0 radical (unpaired) electrons. The van der Waals surface area contributed by atoms with Crippen molar-refractivity contribution in [3.63, 3.8) is 0 Å². The van der Waals surface area contributed by atoms with Crippen molar-refractivity contribution in [2.24, 2.45) is 0 Å². The van der Waals surface area contributed by atoms with Gasteiger partial charge in [0.2, 0.25) is 0 Å². The van der Waals surface area contributed by atoms with Crippen LogP contribution >= 0.6 is 0 Å². The molecule has 0 aliphatic heterocycles. The van der Waals surface area contributed by atoms with Crippen LogP contribution in [0, 0.1) is 0 Å². The van der Waals surface area contributed by atoms with Gasteiger partial charge in [0, 0.05) is 0 Å². The van der Waals surface area contributed by atoms with Gasteiger partial charge in [-0.3, -0.25) is 0 Å². The molecule has 9 nitrogen and oxygen atoms in total. The van der Waals surface area contributed by atoms with Crippen molar-refractivity contribution in [1.29, 1.82) is 0 Å². The van der Waals surface area contributed by atoms with Crippen LogP contribution in [0.5, 0.6) is 0 Å². The number of aryl methyl sites for hydroxylation is 3. The molecule has 67 heavy (non-hydrogen) atoms. The molecule has 0 saturated carbocycles. The van der Waals surface area contributed by atoms with Crippen LogP contribution in [-0.2, 0) is 49.6 Å². The number of benzene rings is 3. The van der Waals surface area contributed by atoms with Gasteiger partial charge in [-0.05, 0) is 73.4 Å². The summed E-state index contributed by atoms with van der Waals surface area (Å²) >= 11 is 0. The SMILES string of the molecule is CCCCCCCCCCCCc1ccccc1S(=O)(=O)[O-].CCCCCCCCCCCCc1ccccc1S(=O)(=O)[O-].CCCCCCCCCCCCc1ccccc1S(=O)(=O)[O-].[Al+3]. The zero-order valence-corrected chi connectivity index (χ0v) is 45.3. The van der Waals surface area contributed by atoms with E-state index in [1.807, 2.05) is 0 Å². The number of unbranched alkanes of at least 4 members (excludes halogenated alkanes) is 27. The van der Waals surface area contributed by atoms with Crippen LogP contribution < -0.4 is 0 Å². The van der Waals surface area contributed by atoms with Gasteiger partial charge >= 0.3 is 17.4 Å². The Labute approximate surface area is 420 Å². The quantitative estimate of drug-likeness (QED) is 0.0312. The van der Waals surface area contributed by atoms with E-state index in [-0.39, 0.29) is 32.0 Å². The number of hydrogen-bond donors (Lipinski definition) is 0. The van der Waals surface area contributed by atoms with Crippen LogP contribution in [0.25, 0.3) is 0 Å². The maximum absolute atomic E-state index is 11.2. The third-order valence-corrected chi connectivity index (χ3v) is 14.9. The Hall–Kier alpha value is -2.08. The molecule has 13 heteroatoms. The van der Waals surface area contributed by atoms with E-state index in [0.29, 0.717) is 36.0 Å². The molecule has 0 fully saturated rings. The zero-order chi connectivity index (χ0) is 48.8. The van der Waals surface area contributed by atoms with Gasteiger partial charge in [-0.25, -0.2) is 25.3 Å². The van der Waals surface area contributed by atoms with Crippen LogP contribution in [0.2, 0.25) is 0 Å². The fourth-order valence-electron chi connectivity index (χ4n) is 8.27. The first-order valence-electron chi connectivity index (χ1n) is 25.8. The summed E-state index contributed by atoms with van der Waals surface area (Å²) in [6, 6.07) is 19.7. The van der Waals surface area contributed by atoms with Gasteiger partial charge < -0.3 is 13.7 Å². The van der Waals surface area contributed by atoms with Crippen molar-refractivity contribution in [2.75, 3.05) is 0 Å². The number of rotatable bonds is 36. The molecule has 0 N–H and O–H groups in total. The molecule has 0 bridgehead atoms. The Kier molecular flexibility index (Phi) is 39.4. The van der Waals surface area contributed by atoms with Crippen molar-refractivity contribution in [2.45, 2.75) is 247 Å². The summed E-state index contributed by atoms with van der Waals surface area (Å²) in [6.45, 7) is 6.70. The zero-order valence-electron chi connectivity index (χ0n) is 41.7. The third-order valence-electron chi connectivity index (χ3n) is 12.1. The summed E-state index contributed by atoms with van der Waals surface area (Å²) < 4.78 is 101. The first-order chi connectivity index (χ1) is 31.7. The third kappa shape index (κ3) is 34.0. The van der Waals surface area contributed by atoms with Gasteiger partial charge in [0.1, 0.15) is 30.4 Å². The maximum Gasteiger partial charge on any atom is 3.00 e. The van der Waals surface area contributed by atoms with Crippen LogP contribution in [-0.4, -0.2) is 56.3 Å². The van der Waals surface area contributed by atoms with E-state index in [2.05, 4.69) is 20.8 Å². The molecule has 3 aromatic carbocycles. The molecule has 0 spiro atoms. The second-order valence-electron chi connectivity index (χ2n) is 18.0. The summed E-state index contributed by atoms with van der Waals surface area (Å²) in [5.74, 6) is 0. The van der Waals surface area contributed by atoms with E-state index in [4.69, 9.17) is 0 Å². The average Bonchev–Trinajstić information content (AvgIpc) is 3.28. The summed E-state index contributed by atoms with van der Waals surface area (Å²) in [7, 11) is -13.0. The van der Waals surface area contributed by atoms with Crippen molar-refractivity contribution in [3.05, 3.63) is 89.5 Å². The molecular weight excluding hydrogens is 916 g/mol. The van der Waals surface area contributed by atoms with E-state index in [9.17, 15) is 38.9 Å². The smallest absolute Gasteiger partial charge is 0.744 e. The first kappa shape index (κ1) is 64.9. The Balaban J connectivity index is 0.000000968. The van der Waals surface area contributed by atoms with E-state index in [0.717, 1.165) is 38.5 Å². The molecule has 0 amide bonds. The largest absolute Gasteiger partial charge is 3.00 e. The van der Waals surface area contributed by atoms with Crippen LogP contribution in [0.4, 0.5) is 0 Å². The molecule has 3 aromatic rings. The summed E-state index contributed by atoms with van der Waals surface area (Å²) in [5, 5.41) is 0. The van der Waals surface area contributed by atoms with Gasteiger partial charge in [-0.2, -0.15) is 0 Å². The molecule has 0 heterocycles. The van der Waals surface area contributed by atoms with Gasteiger partial charge in [0.15, 0.2) is 0 Å². The topological polar surface area (TPSA) is 172 Å². The predicted octanol–water partition coefficient (Wildman–Crippen LogP) is 14.8. The monoisotopic (exact) mass is 1000 g/mol. The molecule has 0 aliphatic carbocycles.